The van der Waals surface area contributed by atoms with E-state index in [0.717, 1.165) is 17.0 Å². The average Bonchev–Trinajstić information content (AvgIpc) is 2.37. The summed E-state index contributed by atoms with van der Waals surface area (Å²) in [5.41, 5.74) is 4.30. The Morgan fingerprint density at radius 2 is 1.90 bits per heavy atom. The third-order valence-corrected chi connectivity index (χ3v) is 3.46. The molecule has 0 amide bonds. The lowest BCUT2D eigenvalue weighted by molar-refractivity contribution is 0.452. The van der Waals surface area contributed by atoms with Crippen LogP contribution < -0.4 is 4.74 Å². The van der Waals surface area contributed by atoms with Gasteiger partial charge in [0.1, 0.15) is 5.75 Å². The van der Waals surface area contributed by atoms with Crippen LogP contribution in [0, 0.1) is 13.8 Å². The van der Waals surface area contributed by atoms with E-state index in [4.69, 9.17) is 16.3 Å². The molecule has 1 heterocycles. The second-order valence-corrected chi connectivity index (χ2v) is 5.65. The van der Waals surface area contributed by atoms with Crippen LogP contribution in [0.4, 0.5) is 0 Å². The number of nitrogens with zero attached hydrogens (tertiary/aromatic N) is 1. The van der Waals surface area contributed by atoms with E-state index in [-0.39, 0.29) is 0 Å². The van der Waals surface area contributed by atoms with Gasteiger partial charge in [-0.2, -0.15) is 0 Å². The largest absolute Gasteiger partial charge is 0.439 e. The molecular weight excluding hydrogens is 270 g/mol. The first-order valence-electron chi connectivity index (χ1n) is 6.81. The lowest BCUT2D eigenvalue weighted by atomic mass is 10.0. The van der Waals surface area contributed by atoms with Gasteiger partial charge in [0.15, 0.2) is 0 Å². The minimum Gasteiger partial charge on any atom is -0.439 e. The first kappa shape index (κ1) is 14.9. The number of ether oxygens (including phenoxy) is 1. The third kappa shape index (κ3) is 3.51. The standard InChI is InChI=1S/C17H20ClNO/c1-11(2)15-6-5-12(3)7-16(15)20-17-9-14(10-18)8-13(4)19-17/h5-9,11H,10H2,1-4H3. The van der Waals surface area contributed by atoms with Crippen molar-refractivity contribution in [1.29, 1.82) is 0 Å². The quantitative estimate of drug-likeness (QED) is 0.708. The van der Waals surface area contributed by atoms with Crippen LogP contribution in [0.15, 0.2) is 30.3 Å². The molecule has 0 fully saturated rings. The molecule has 0 aliphatic rings. The van der Waals surface area contributed by atoms with Crippen LogP contribution in [0.1, 0.15) is 42.1 Å². The topological polar surface area (TPSA) is 22.1 Å². The Morgan fingerprint density at radius 3 is 2.55 bits per heavy atom. The number of rotatable bonds is 4. The number of alkyl halides is 1. The Labute approximate surface area is 125 Å². The molecule has 0 aliphatic carbocycles. The van der Waals surface area contributed by atoms with Crippen LogP contribution in [-0.4, -0.2) is 4.98 Å². The molecule has 1 aromatic heterocycles. The van der Waals surface area contributed by atoms with Crippen molar-refractivity contribution in [3.05, 3.63) is 52.7 Å². The predicted molar refractivity (Wildman–Crippen MR) is 83.9 cm³/mol. The summed E-state index contributed by atoms with van der Waals surface area (Å²) >= 11 is 5.90. The summed E-state index contributed by atoms with van der Waals surface area (Å²) in [5, 5.41) is 0. The Balaban J connectivity index is 2.38. The Morgan fingerprint density at radius 1 is 1.15 bits per heavy atom. The molecule has 0 saturated heterocycles. The van der Waals surface area contributed by atoms with E-state index >= 15 is 0 Å². The maximum Gasteiger partial charge on any atom is 0.219 e. The number of aromatic nitrogens is 1. The minimum atomic E-state index is 0.405. The van der Waals surface area contributed by atoms with Crippen molar-refractivity contribution in [2.45, 2.75) is 39.5 Å². The van der Waals surface area contributed by atoms with Crippen LogP contribution in [0.5, 0.6) is 11.6 Å². The molecule has 1 aromatic carbocycles. The molecule has 0 saturated carbocycles. The second-order valence-electron chi connectivity index (χ2n) is 5.39. The first-order valence-corrected chi connectivity index (χ1v) is 7.35. The summed E-state index contributed by atoms with van der Waals surface area (Å²) in [7, 11) is 0. The van der Waals surface area contributed by atoms with Gasteiger partial charge in [0.2, 0.25) is 5.88 Å². The van der Waals surface area contributed by atoms with Crippen LogP contribution >= 0.6 is 11.6 Å². The maximum absolute atomic E-state index is 6.01. The van der Waals surface area contributed by atoms with Gasteiger partial charge in [0, 0.05) is 17.6 Å². The normalized spacial score (nSPS) is 10.9. The van der Waals surface area contributed by atoms with Crippen molar-refractivity contribution in [2.24, 2.45) is 0 Å². The fourth-order valence-electron chi connectivity index (χ4n) is 2.16. The number of hydrogen-bond acceptors (Lipinski definition) is 2. The molecule has 0 spiro atoms. The van der Waals surface area contributed by atoms with Crippen molar-refractivity contribution in [3.63, 3.8) is 0 Å². The lowest BCUT2D eigenvalue weighted by Crippen LogP contribution is -1.97. The molecule has 0 atom stereocenters. The molecule has 0 unspecified atom stereocenters. The molecule has 0 N–H and O–H groups in total. The molecule has 0 aliphatic heterocycles. The maximum atomic E-state index is 6.01. The Bertz CT molecular complexity index is 608. The lowest BCUT2D eigenvalue weighted by Gasteiger charge is -2.14. The zero-order valence-corrected chi connectivity index (χ0v) is 13.2. The van der Waals surface area contributed by atoms with E-state index < -0.39 is 0 Å². The molecule has 0 bridgehead atoms. The van der Waals surface area contributed by atoms with Gasteiger partial charge in [-0.05, 0) is 48.6 Å². The Hall–Kier alpha value is -1.54. The van der Waals surface area contributed by atoms with Crippen molar-refractivity contribution in [1.82, 2.24) is 4.98 Å². The fraction of sp³-hybridized carbons (Fsp3) is 0.353. The van der Waals surface area contributed by atoms with Gasteiger partial charge >= 0.3 is 0 Å². The van der Waals surface area contributed by atoms with Gasteiger partial charge in [0.05, 0.1) is 0 Å². The highest BCUT2D eigenvalue weighted by Gasteiger charge is 2.10. The molecule has 2 aromatic rings. The number of benzene rings is 1. The highest BCUT2D eigenvalue weighted by atomic mass is 35.5. The number of aryl methyl sites for hydroxylation is 2. The van der Waals surface area contributed by atoms with Gasteiger partial charge in [-0.25, -0.2) is 4.98 Å². The van der Waals surface area contributed by atoms with Gasteiger partial charge in [0.25, 0.3) is 0 Å². The smallest absolute Gasteiger partial charge is 0.219 e. The molecular formula is C17H20ClNO. The minimum absolute atomic E-state index is 0.405. The van der Waals surface area contributed by atoms with Gasteiger partial charge < -0.3 is 4.74 Å². The average molecular weight is 290 g/mol. The van der Waals surface area contributed by atoms with E-state index in [1.165, 1.54) is 11.1 Å². The monoisotopic (exact) mass is 289 g/mol. The van der Waals surface area contributed by atoms with Crippen LogP contribution in [0.2, 0.25) is 0 Å². The summed E-state index contributed by atoms with van der Waals surface area (Å²) in [5.74, 6) is 2.35. The summed E-state index contributed by atoms with van der Waals surface area (Å²) < 4.78 is 6.01. The number of hydrogen-bond donors (Lipinski definition) is 0. The predicted octanol–water partition coefficient (Wildman–Crippen LogP) is 5.35. The van der Waals surface area contributed by atoms with Gasteiger partial charge in [-0.3, -0.25) is 0 Å². The van der Waals surface area contributed by atoms with Gasteiger partial charge in [-0.15, -0.1) is 11.6 Å². The summed E-state index contributed by atoms with van der Waals surface area (Å²) in [6.45, 7) is 8.32. The first-order chi connectivity index (χ1) is 9.49. The number of halogens is 1. The molecule has 2 rings (SSSR count). The molecule has 2 nitrogen and oxygen atoms in total. The van der Waals surface area contributed by atoms with Crippen molar-refractivity contribution in [3.8, 4) is 11.6 Å². The van der Waals surface area contributed by atoms with E-state index in [0.29, 0.717) is 17.7 Å². The van der Waals surface area contributed by atoms with Crippen LogP contribution in [-0.2, 0) is 5.88 Å². The number of pyridine rings is 1. The van der Waals surface area contributed by atoms with E-state index in [9.17, 15) is 0 Å². The van der Waals surface area contributed by atoms with E-state index in [2.05, 4.69) is 44.0 Å². The molecule has 106 valence electrons. The van der Waals surface area contributed by atoms with Crippen LogP contribution in [0.25, 0.3) is 0 Å². The van der Waals surface area contributed by atoms with Crippen molar-refractivity contribution in [2.75, 3.05) is 0 Å². The SMILES string of the molecule is Cc1ccc(C(C)C)c(Oc2cc(CCl)cc(C)n2)c1. The Kier molecular flexibility index (Phi) is 4.66. The zero-order valence-electron chi connectivity index (χ0n) is 12.4. The summed E-state index contributed by atoms with van der Waals surface area (Å²) in [4.78, 5) is 4.43. The van der Waals surface area contributed by atoms with Crippen LogP contribution in [0.3, 0.4) is 0 Å². The summed E-state index contributed by atoms with van der Waals surface area (Å²) in [6.07, 6.45) is 0. The third-order valence-electron chi connectivity index (χ3n) is 3.15. The van der Waals surface area contributed by atoms with Gasteiger partial charge in [-0.1, -0.05) is 26.0 Å². The zero-order chi connectivity index (χ0) is 14.7. The molecule has 0 radical (unpaired) electrons. The fourth-order valence-corrected chi connectivity index (χ4v) is 2.31. The molecule has 20 heavy (non-hydrogen) atoms. The highest BCUT2D eigenvalue weighted by Crippen LogP contribution is 2.31. The van der Waals surface area contributed by atoms with E-state index in [1.807, 2.05) is 19.1 Å². The second kappa shape index (κ2) is 6.27. The van der Waals surface area contributed by atoms with Crippen molar-refractivity contribution < 1.29 is 4.74 Å². The van der Waals surface area contributed by atoms with E-state index in [1.54, 1.807) is 0 Å². The summed E-state index contributed by atoms with van der Waals surface area (Å²) in [6, 6.07) is 10.1. The molecule has 3 heteroatoms. The van der Waals surface area contributed by atoms with Crippen molar-refractivity contribution >= 4 is 11.6 Å². The highest BCUT2D eigenvalue weighted by molar-refractivity contribution is 6.17.